The molecule has 0 aliphatic rings. The number of halogens is 4. The maximum absolute atomic E-state index is 15.1. The summed E-state index contributed by atoms with van der Waals surface area (Å²) in [4.78, 5) is 3.69. The first kappa shape index (κ1) is 18.7. The summed E-state index contributed by atoms with van der Waals surface area (Å²) in [5.41, 5.74) is -0.369. The Morgan fingerprint density at radius 1 is 1.28 bits per heavy atom. The van der Waals surface area contributed by atoms with Gasteiger partial charge in [0, 0.05) is 18.8 Å². The fourth-order valence-corrected chi connectivity index (χ4v) is 2.43. The molecule has 1 unspecified atom stereocenters. The minimum absolute atomic E-state index is 0.393. The monoisotopic (exact) mass is 355 g/mol. The van der Waals surface area contributed by atoms with Crippen molar-refractivity contribution in [3.05, 3.63) is 65.0 Å². The Kier molecular flexibility index (Phi) is 5.58. The van der Waals surface area contributed by atoms with E-state index in [-0.39, 0.29) is 0 Å². The van der Waals surface area contributed by atoms with E-state index >= 15 is 8.78 Å². The van der Waals surface area contributed by atoms with Crippen molar-refractivity contribution in [2.75, 3.05) is 6.54 Å². The van der Waals surface area contributed by atoms with Crippen molar-refractivity contribution in [3.63, 3.8) is 0 Å². The number of aryl methyl sites for hydroxylation is 1. The summed E-state index contributed by atoms with van der Waals surface area (Å²) < 4.78 is 57.5. The van der Waals surface area contributed by atoms with Crippen LogP contribution in [0.5, 0.6) is 0 Å². The molecule has 5 nitrogen and oxygen atoms in total. The zero-order valence-electron chi connectivity index (χ0n) is 13.3. The smallest absolute Gasteiger partial charge is 0.298 e. The van der Waals surface area contributed by atoms with E-state index in [0.717, 1.165) is 23.5 Å². The molecule has 2 rings (SSSR count). The van der Waals surface area contributed by atoms with Crippen LogP contribution in [-0.4, -0.2) is 22.9 Å². The third-order valence-corrected chi connectivity index (χ3v) is 3.64. The van der Waals surface area contributed by atoms with Crippen LogP contribution >= 0.6 is 0 Å². The topological polar surface area (TPSA) is 80.5 Å². The molecule has 0 spiro atoms. The fourth-order valence-electron chi connectivity index (χ4n) is 2.43. The Labute approximate surface area is 141 Å². The van der Waals surface area contributed by atoms with Gasteiger partial charge in [-0.25, -0.2) is 14.6 Å². The average Bonchev–Trinajstić information content (AvgIpc) is 2.53. The highest BCUT2D eigenvalue weighted by Crippen LogP contribution is 2.42. The molecule has 0 aliphatic heterocycles. The molecule has 1 aromatic heterocycles. The number of alkyl halides is 2. The van der Waals surface area contributed by atoms with E-state index in [0.29, 0.717) is 11.6 Å². The number of nitrogens with two attached hydrogens (primary N) is 2. The van der Waals surface area contributed by atoms with Gasteiger partial charge in [-0.3, -0.25) is 9.99 Å². The lowest BCUT2D eigenvalue weighted by atomic mass is 9.89. The fraction of sp³-hybridized carbons (Fsp3) is 0.250. The molecule has 134 valence electrons. The van der Waals surface area contributed by atoms with Gasteiger partial charge in [-0.05, 0) is 36.2 Å². The van der Waals surface area contributed by atoms with Crippen molar-refractivity contribution in [2.45, 2.75) is 18.8 Å². The van der Waals surface area contributed by atoms with E-state index in [1.165, 1.54) is 12.3 Å². The largest absolute Gasteiger partial charge is 0.322 e. The van der Waals surface area contributed by atoms with E-state index in [9.17, 15) is 8.78 Å². The number of nitrogens with zero attached hydrogens (tertiary/aromatic N) is 3. The van der Waals surface area contributed by atoms with Crippen LogP contribution in [0.1, 0.15) is 22.7 Å². The van der Waals surface area contributed by atoms with E-state index < -0.39 is 41.3 Å². The third-order valence-electron chi connectivity index (χ3n) is 3.64. The van der Waals surface area contributed by atoms with E-state index in [2.05, 4.69) is 10.1 Å². The Morgan fingerprint density at radius 3 is 2.60 bits per heavy atom. The van der Waals surface area contributed by atoms with Crippen LogP contribution in [0.2, 0.25) is 0 Å². The van der Waals surface area contributed by atoms with Gasteiger partial charge in [0.1, 0.15) is 23.7 Å². The standard InChI is InChI=1S/C16H17F4N5/c1-10-4-5-23-15(6-10)16(19,20)13(8-25(22)9-24-21)12-3-2-11(17)7-14(12)18/h2-7,9,13H,8,21-22H2,1H3/b24-9-. The van der Waals surface area contributed by atoms with Gasteiger partial charge >= 0.3 is 0 Å². The first-order valence-electron chi connectivity index (χ1n) is 7.26. The molecule has 25 heavy (non-hydrogen) atoms. The molecular formula is C16H17F4N5. The van der Waals surface area contributed by atoms with Gasteiger partial charge in [0.05, 0.1) is 5.92 Å². The molecular weight excluding hydrogens is 338 g/mol. The zero-order chi connectivity index (χ0) is 18.6. The summed E-state index contributed by atoms with van der Waals surface area (Å²) in [5, 5.41) is 3.95. The van der Waals surface area contributed by atoms with Crippen LogP contribution in [-0.2, 0) is 5.92 Å². The summed E-state index contributed by atoms with van der Waals surface area (Å²) in [6.07, 6.45) is 2.16. The molecule has 1 heterocycles. The summed E-state index contributed by atoms with van der Waals surface area (Å²) in [6.45, 7) is 1.11. The molecule has 2 aromatic rings. The van der Waals surface area contributed by atoms with Crippen LogP contribution in [0, 0.1) is 18.6 Å². The Morgan fingerprint density at radius 2 is 2.00 bits per heavy atom. The number of pyridine rings is 1. The number of benzene rings is 1. The van der Waals surface area contributed by atoms with Crippen LogP contribution in [0.4, 0.5) is 17.6 Å². The number of hydrogen-bond acceptors (Lipinski definition) is 4. The highest BCUT2D eigenvalue weighted by molar-refractivity contribution is 5.53. The molecule has 0 bridgehead atoms. The average molecular weight is 355 g/mol. The molecule has 0 saturated carbocycles. The predicted molar refractivity (Wildman–Crippen MR) is 85.5 cm³/mol. The van der Waals surface area contributed by atoms with Gasteiger partial charge in [-0.15, -0.1) is 0 Å². The second-order valence-electron chi connectivity index (χ2n) is 5.52. The molecule has 4 N–H and O–H groups in total. The second-order valence-corrected chi connectivity index (χ2v) is 5.52. The van der Waals surface area contributed by atoms with Gasteiger partial charge in [0.25, 0.3) is 5.92 Å². The first-order chi connectivity index (χ1) is 11.8. The van der Waals surface area contributed by atoms with Crippen molar-refractivity contribution in [2.24, 2.45) is 16.8 Å². The van der Waals surface area contributed by atoms with Crippen molar-refractivity contribution in [1.82, 2.24) is 9.99 Å². The van der Waals surface area contributed by atoms with Gasteiger partial charge < -0.3 is 5.84 Å². The number of hydrazine groups is 1. The summed E-state index contributed by atoms with van der Waals surface area (Å²) in [7, 11) is 0. The van der Waals surface area contributed by atoms with Crippen molar-refractivity contribution in [3.8, 4) is 0 Å². The number of rotatable bonds is 6. The first-order valence-corrected chi connectivity index (χ1v) is 7.26. The summed E-state index contributed by atoms with van der Waals surface area (Å²) in [6, 6.07) is 5.17. The highest BCUT2D eigenvalue weighted by Gasteiger charge is 2.45. The van der Waals surface area contributed by atoms with E-state index in [1.54, 1.807) is 13.0 Å². The maximum Gasteiger partial charge on any atom is 0.298 e. The third kappa shape index (κ3) is 4.24. The number of hydrazone groups is 1. The molecule has 0 saturated heterocycles. The lowest BCUT2D eigenvalue weighted by Crippen LogP contribution is -2.40. The highest BCUT2D eigenvalue weighted by atomic mass is 19.3. The maximum atomic E-state index is 15.1. The van der Waals surface area contributed by atoms with Crippen LogP contribution in [0.3, 0.4) is 0 Å². The minimum atomic E-state index is -3.58. The predicted octanol–water partition coefficient (Wildman–Crippen LogP) is 2.62. The number of aromatic nitrogens is 1. The lowest BCUT2D eigenvalue weighted by Gasteiger charge is -2.29. The SMILES string of the molecule is Cc1ccnc(C(F)(F)C(CN(N)/C=N\N)c2ccc(F)cc2F)c1. The van der Waals surface area contributed by atoms with Crippen LogP contribution in [0.15, 0.2) is 41.6 Å². The Hall–Kier alpha value is -2.68. The van der Waals surface area contributed by atoms with Crippen LogP contribution in [0.25, 0.3) is 0 Å². The van der Waals surface area contributed by atoms with E-state index in [4.69, 9.17) is 11.7 Å². The quantitative estimate of drug-likeness (QED) is 0.274. The summed E-state index contributed by atoms with van der Waals surface area (Å²) >= 11 is 0. The molecule has 0 amide bonds. The molecule has 9 heteroatoms. The zero-order valence-corrected chi connectivity index (χ0v) is 13.3. The van der Waals surface area contributed by atoms with E-state index in [1.807, 2.05) is 0 Å². The molecule has 0 fully saturated rings. The number of hydrogen-bond donors (Lipinski definition) is 2. The molecule has 1 atom stereocenters. The van der Waals surface area contributed by atoms with Crippen LogP contribution < -0.4 is 11.7 Å². The second kappa shape index (κ2) is 7.47. The van der Waals surface area contributed by atoms with Gasteiger partial charge in [0.2, 0.25) is 0 Å². The van der Waals surface area contributed by atoms with Gasteiger partial charge in [0.15, 0.2) is 0 Å². The Balaban J connectivity index is 2.53. The Bertz CT molecular complexity index is 766. The van der Waals surface area contributed by atoms with Gasteiger partial charge in [-0.1, -0.05) is 6.07 Å². The molecule has 0 radical (unpaired) electrons. The summed E-state index contributed by atoms with van der Waals surface area (Å²) in [5.74, 6) is 3.22. The van der Waals surface area contributed by atoms with Crippen molar-refractivity contribution in [1.29, 1.82) is 0 Å². The molecule has 1 aromatic carbocycles. The lowest BCUT2D eigenvalue weighted by molar-refractivity contribution is -0.0443. The van der Waals surface area contributed by atoms with Gasteiger partial charge in [-0.2, -0.15) is 13.9 Å². The molecule has 0 aliphatic carbocycles. The normalized spacial score (nSPS) is 13.2. The minimum Gasteiger partial charge on any atom is -0.322 e. The van der Waals surface area contributed by atoms with Crippen molar-refractivity contribution >= 4 is 6.34 Å². The van der Waals surface area contributed by atoms with Crippen molar-refractivity contribution < 1.29 is 17.6 Å².